The Labute approximate surface area is 250 Å². The number of pyridine rings is 1. The number of anilines is 1. The summed E-state index contributed by atoms with van der Waals surface area (Å²) in [5, 5.41) is 17.0. The number of rotatable bonds is 4. The Balaban J connectivity index is 1.42. The summed E-state index contributed by atoms with van der Waals surface area (Å²) in [5.74, 6) is -3.36. The van der Waals surface area contributed by atoms with Crippen LogP contribution in [0.4, 0.5) is 23.4 Å². The highest BCUT2D eigenvalue weighted by Crippen LogP contribution is 2.43. The Bertz CT molecular complexity index is 1760. The molecule has 2 saturated heterocycles. The fraction of sp³-hybridized carbons (Fsp3) is 0.452. The van der Waals surface area contributed by atoms with Crippen molar-refractivity contribution in [3.63, 3.8) is 0 Å². The number of aromatic hydroxyl groups is 1. The third-order valence-corrected chi connectivity index (χ3v) is 8.84. The lowest BCUT2D eigenvalue weighted by molar-refractivity contribution is 0.107. The number of aromatic nitrogens is 3. The lowest BCUT2D eigenvalue weighted by Crippen LogP contribution is -2.43. The lowest BCUT2D eigenvalue weighted by Gasteiger charge is -2.30. The summed E-state index contributed by atoms with van der Waals surface area (Å²) in [5.41, 5.74) is -1.25. The van der Waals surface area contributed by atoms with E-state index in [-0.39, 0.29) is 69.1 Å². The van der Waals surface area contributed by atoms with E-state index in [9.17, 15) is 13.9 Å². The summed E-state index contributed by atoms with van der Waals surface area (Å²) < 4.78 is 73.0. The molecule has 0 amide bonds. The van der Waals surface area contributed by atoms with E-state index in [2.05, 4.69) is 30.5 Å². The zero-order valence-electron chi connectivity index (χ0n) is 24.1. The molecule has 4 aromatic rings. The third kappa shape index (κ3) is 5.01. The minimum Gasteiger partial charge on any atom is -0.508 e. The number of hydrogen-bond donors (Lipinski definition) is 3. The molecular weight excluding hydrogens is 580 g/mol. The van der Waals surface area contributed by atoms with Crippen molar-refractivity contribution in [1.29, 1.82) is 0 Å². The predicted octanol–water partition coefficient (Wildman–Crippen LogP) is 5.10. The molecule has 0 spiro atoms. The summed E-state index contributed by atoms with van der Waals surface area (Å²) in [6.07, 6.45) is 1.32. The molecule has 0 unspecified atom stereocenters. The minimum atomic E-state index is -1.20. The van der Waals surface area contributed by atoms with Crippen LogP contribution in [0.25, 0.3) is 32.9 Å². The van der Waals surface area contributed by atoms with Crippen molar-refractivity contribution < 1.29 is 32.1 Å². The van der Waals surface area contributed by atoms with Crippen LogP contribution in [0.1, 0.15) is 32.6 Å². The van der Waals surface area contributed by atoms with Crippen molar-refractivity contribution in [3.05, 3.63) is 41.7 Å². The number of halogens is 4. The lowest BCUT2D eigenvalue weighted by atomic mass is 9.95. The summed E-state index contributed by atoms with van der Waals surface area (Å²) in [6.45, 7) is 4.76. The van der Waals surface area contributed by atoms with Gasteiger partial charge in [0.15, 0.2) is 17.5 Å². The van der Waals surface area contributed by atoms with E-state index in [1.165, 1.54) is 12.1 Å². The van der Waals surface area contributed by atoms with Gasteiger partial charge >= 0.3 is 6.01 Å². The zero-order valence-corrected chi connectivity index (χ0v) is 24.1. The molecule has 5 heterocycles. The Hall–Kier alpha value is -3.97. The summed E-state index contributed by atoms with van der Waals surface area (Å²) in [6, 6.07) is 4.50. The average Bonchev–Trinajstić information content (AvgIpc) is 3.51. The summed E-state index contributed by atoms with van der Waals surface area (Å²) in [7, 11) is 0. The molecule has 44 heavy (non-hydrogen) atoms. The van der Waals surface area contributed by atoms with Gasteiger partial charge in [-0.3, -0.25) is 4.90 Å². The van der Waals surface area contributed by atoms with E-state index in [0.717, 1.165) is 31.5 Å². The number of phenols is 1. The van der Waals surface area contributed by atoms with Crippen molar-refractivity contribution in [3.8, 4) is 28.9 Å². The van der Waals surface area contributed by atoms with E-state index in [4.69, 9.17) is 9.47 Å². The number of nitrogens with zero attached hydrogens (tertiary/aromatic N) is 4. The standard InChI is InChI=1S/C31H32F4N6O3/c1-16-5-7-36-8-9-37-28-23-27(39-30(40-28)43-15-31-6-2-10-41(31)14-18(32)13-31)25(35)26(38-29(23)44-16)20-12-19(42)11-17-3-4-21(33)24(34)22(17)20/h3-4,11-12,16,18,36,42H,2,5-10,13-15H2,1H3,(H,37,39,40)/t16-,18+,31-/m0/s1. The Morgan fingerprint density at radius 3 is 2.82 bits per heavy atom. The molecule has 0 bridgehead atoms. The maximum absolute atomic E-state index is 16.7. The Kier molecular flexibility index (Phi) is 7.32. The minimum absolute atomic E-state index is 0.00946. The van der Waals surface area contributed by atoms with E-state index in [0.29, 0.717) is 39.0 Å². The van der Waals surface area contributed by atoms with Crippen LogP contribution >= 0.6 is 0 Å². The molecule has 3 atom stereocenters. The maximum Gasteiger partial charge on any atom is 0.319 e. The van der Waals surface area contributed by atoms with Gasteiger partial charge in [-0.25, -0.2) is 22.5 Å². The normalized spacial score (nSPS) is 24.1. The molecule has 3 aliphatic rings. The van der Waals surface area contributed by atoms with E-state index in [1.807, 2.05) is 6.92 Å². The molecule has 7 rings (SSSR count). The monoisotopic (exact) mass is 612 g/mol. The van der Waals surface area contributed by atoms with Crippen molar-refractivity contribution in [2.24, 2.45) is 0 Å². The van der Waals surface area contributed by atoms with Gasteiger partial charge in [0, 0.05) is 37.0 Å². The molecule has 3 N–H and O–H groups in total. The fourth-order valence-corrected chi connectivity index (χ4v) is 6.74. The van der Waals surface area contributed by atoms with Crippen LogP contribution in [-0.2, 0) is 0 Å². The largest absolute Gasteiger partial charge is 0.508 e. The van der Waals surface area contributed by atoms with Gasteiger partial charge in [-0.2, -0.15) is 9.97 Å². The van der Waals surface area contributed by atoms with Crippen molar-refractivity contribution in [1.82, 2.24) is 25.2 Å². The maximum atomic E-state index is 16.7. The first-order chi connectivity index (χ1) is 21.2. The molecule has 0 saturated carbocycles. The highest BCUT2D eigenvalue weighted by atomic mass is 19.2. The molecule has 2 aromatic carbocycles. The first kappa shape index (κ1) is 28.8. The van der Waals surface area contributed by atoms with Gasteiger partial charge < -0.3 is 25.2 Å². The summed E-state index contributed by atoms with van der Waals surface area (Å²) in [4.78, 5) is 15.6. The quantitative estimate of drug-likeness (QED) is 0.272. The van der Waals surface area contributed by atoms with Crippen LogP contribution in [0, 0.1) is 17.5 Å². The van der Waals surface area contributed by atoms with Gasteiger partial charge in [-0.05, 0) is 62.9 Å². The summed E-state index contributed by atoms with van der Waals surface area (Å²) >= 11 is 0. The van der Waals surface area contributed by atoms with E-state index < -0.39 is 29.2 Å². The van der Waals surface area contributed by atoms with Gasteiger partial charge in [0.1, 0.15) is 40.9 Å². The van der Waals surface area contributed by atoms with Crippen molar-refractivity contribution >= 4 is 27.5 Å². The molecule has 13 heteroatoms. The Morgan fingerprint density at radius 2 is 1.95 bits per heavy atom. The molecule has 2 aromatic heterocycles. The van der Waals surface area contributed by atoms with Crippen LogP contribution in [-0.4, -0.2) is 82.1 Å². The number of benzene rings is 2. The smallest absolute Gasteiger partial charge is 0.319 e. The van der Waals surface area contributed by atoms with Crippen LogP contribution in [0.15, 0.2) is 24.3 Å². The van der Waals surface area contributed by atoms with Crippen molar-refractivity contribution in [2.45, 2.75) is 50.4 Å². The first-order valence-corrected chi connectivity index (χ1v) is 14.9. The third-order valence-electron chi connectivity index (χ3n) is 8.84. The van der Waals surface area contributed by atoms with Crippen molar-refractivity contribution in [2.75, 3.05) is 44.6 Å². The second kappa shape index (κ2) is 11.2. The number of alkyl halides is 1. The van der Waals surface area contributed by atoms with E-state index >= 15 is 8.78 Å². The van der Waals surface area contributed by atoms with Gasteiger partial charge in [0.2, 0.25) is 5.88 Å². The van der Waals surface area contributed by atoms with Crippen LogP contribution in [0.3, 0.4) is 0 Å². The SMILES string of the molecule is C[C@H]1CCNCCNc2nc(OC[C@@]34CCCN3C[C@H](F)C4)nc3c(F)c(-c4cc(O)cc5ccc(F)c(F)c45)nc(c23)O1. The highest BCUT2D eigenvalue weighted by Gasteiger charge is 2.49. The average molecular weight is 613 g/mol. The van der Waals surface area contributed by atoms with Gasteiger partial charge in [0.25, 0.3) is 0 Å². The molecule has 3 aliphatic heterocycles. The van der Waals surface area contributed by atoms with Gasteiger partial charge in [0.05, 0.1) is 11.6 Å². The number of phenolic OH excluding ortho intramolecular Hbond substituents is 1. The zero-order chi connectivity index (χ0) is 30.6. The molecular formula is C31H32F4N6O3. The second-order valence-corrected chi connectivity index (χ2v) is 11.9. The van der Waals surface area contributed by atoms with Gasteiger partial charge in [-0.15, -0.1) is 0 Å². The first-order valence-electron chi connectivity index (χ1n) is 14.9. The van der Waals surface area contributed by atoms with Crippen LogP contribution in [0.5, 0.6) is 17.6 Å². The molecule has 0 aliphatic carbocycles. The number of ether oxygens (including phenoxy) is 2. The number of fused-ring (bicyclic) bond motifs is 2. The Morgan fingerprint density at radius 1 is 1.09 bits per heavy atom. The topological polar surface area (TPSA) is 105 Å². The number of hydrogen-bond acceptors (Lipinski definition) is 9. The molecule has 2 fully saturated rings. The fourth-order valence-electron chi connectivity index (χ4n) is 6.74. The van der Waals surface area contributed by atoms with Crippen LogP contribution < -0.4 is 20.1 Å². The molecule has 9 nitrogen and oxygen atoms in total. The van der Waals surface area contributed by atoms with Crippen LogP contribution in [0.2, 0.25) is 0 Å². The van der Waals surface area contributed by atoms with E-state index in [1.54, 1.807) is 0 Å². The predicted molar refractivity (Wildman–Crippen MR) is 156 cm³/mol. The molecule has 0 radical (unpaired) electrons. The highest BCUT2D eigenvalue weighted by molar-refractivity contribution is 6.01. The van der Waals surface area contributed by atoms with Gasteiger partial charge in [-0.1, -0.05) is 6.07 Å². The second-order valence-electron chi connectivity index (χ2n) is 11.9. The number of nitrogens with one attached hydrogen (secondary N) is 2. The molecule has 232 valence electrons.